The number of pyridine rings is 1. The lowest BCUT2D eigenvalue weighted by Crippen LogP contribution is -2.38. The highest BCUT2D eigenvalue weighted by atomic mass is 16.6. The monoisotopic (exact) mass is 418 g/mol. The number of ether oxygens (including phenoxy) is 2. The summed E-state index contributed by atoms with van der Waals surface area (Å²) in [5, 5.41) is 0.997. The van der Waals surface area contributed by atoms with Crippen molar-refractivity contribution in [3.63, 3.8) is 0 Å². The lowest BCUT2D eigenvalue weighted by molar-refractivity contribution is 0.0783. The fourth-order valence-corrected chi connectivity index (χ4v) is 5.28. The Hall–Kier alpha value is -3.22. The van der Waals surface area contributed by atoms with Crippen molar-refractivity contribution in [1.82, 2.24) is 19.1 Å². The molecule has 31 heavy (non-hydrogen) atoms. The summed E-state index contributed by atoms with van der Waals surface area (Å²) in [6.45, 7) is 3.11. The predicted octanol–water partition coefficient (Wildman–Crippen LogP) is 4.27. The number of nitrogens with zero attached hydrogens (tertiary/aromatic N) is 3. The molecule has 0 saturated heterocycles. The molecular weight excluding hydrogens is 392 g/mol. The highest BCUT2D eigenvalue weighted by Crippen LogP contribution is 2.37. The van der Waals surface area contributed by atoms with E-state index in [9.17, 15) is 4.79 Å². The maximum atomic E-state index is 13.8. The predicted molar refractivity (Wildman–Crippen MR) is 119 cm³/mol. The number of benzene rings is 1. The molecule has 1 aliphatic carbocycles. The molecule has 1 saturated carbocycles. The van der Waals surface area contributed by atoms with Crippen LogP contribution < -0.4 is 15.2 Å². The van der Waals surface area contributed by atoms with Crippen molar-refractivity contribution < 1.29 is 9.47 Å². The molecule has 0 bridgehead atoms. The molecule has 1 aliphatic heterocycles. The van der Waals surface area contributed by atoms with E-state index in [0.717, 1.165) is 52.8 Å². The van der Waals surface area contributed by atoms with Crippen LogP contribution in [0.25, 0.3) is 22.1 Å². The first-order chi connectivity index (χ1) is 15.2. The zero-order valence-corrected chi connectivity index (χ0v) is 17.6. The molecule has 3 aromatic heterocycles. The minimum absolute atomic E-state index is 0.0201. The first kappa shape index (κ1) is 18.5. The normalized spacial score (nSPS) is 23.5. The van der Waals surface area contributed by atoms with Crippen LogP contribution in [0.1, 0.15) is 38.6 Å². The topological polar surface area (TPSA) is 74.1 Å². The maximum absolute atomic E-state index is 13.8. The SMILES string of the molecule is C[C@@H]1CCCC[C@@H]1n1c(=O)n(CC2COc3ccccc3O2)c2cnc3[nH]ccc3c21. The molecule has 2 aliphatic rings. The molecule has 0 radical (unpaired) electrons. The third-order valence-corrected chi connectivity index (χ3v) is 6.86. The van der Waals surface area contributed by atoms with Gasteiger partial charge in [-0.2, -0.15) is 0 Å². The van der Waals surface area contributed by atoms with Gasteiger partial charge >= 0.3 is 5.69 Å². The van der Waals surface area contributed by atoms with Crippen LogP contribution in [-0.4, -0.2) is 31.8 Å². The van der Waals surface area contributed by atoms with Crippen LogP contribution in [-0.2, 0) is 6.54 Å². The Bertz CT molecular complexity index is 1320. The number of nitrogens with one attached hydrogen (secondary N) is 1. The molecule has 1 fully saturated rings. The molecule has 0 amide bonds. The van der Waals surface area contributed by atoms with Crippen LogP contribution in [0.15, 0.2) is 47.5 Å². The summed E-state index contributed by atoms with van der Waals surface area (Å²) in [4.78, 5) is 21.6. The zero-order chi connectivity index (χ0) is 20.9. The summed E-state index contributed by atoms with van der Waals surface area (Å²) in [7, 11) is 0. The summed E-state index contributed by atoms with van der Waals surface area (Å²) >= 11 is 0. The van der Waals surface area contributed by atoms with Crippen LogP contribution >= 0.6 is 0 Å². The second-order valence-electron chi connectivity index (χ2n) is 8.82. The van der Waals surface area contributed by atoms with Gasteiger partial charge in [0.2, 0.25) is 0 Å². The number of para-hydroxylation sites is 2. The number of aromatic amines is 1. The van der Waals surface area contributed by atoms with Gasteiger partial charge in [-0.3, -0.25) is 9.13 Å². The van der Waals surface area contributed by atoms with E-state index in [1.165, 1.54) is 6.42 Å². The van der Waals surface area contributed by atoms with Gasteiger partial charge in [-0.1, -0.05) is 31.9 Å². The van der Waals surface area contributed by atoms with Gasteiger partial charge in [-0.15, -0.1) is 0 Å². The Morgan fingerprint density at radius 3 is 2.87 bits per heavy atom. The number of hydrogen-bond acceptors (Lipinski definition) is 4. The van der Waals surface area contributed by atoms with Crippen molar-refractivity contribution in [2.45, 2.75) is 51.3 Å². The van der Waals surface area contributed by atoms with Crippen molar-refractivity contribution in [2.24, 2.45) is 5.92 Å². The van der Waals surface area contributed by atoms with Gasteiger partial charge in [0.15, 0.2) is 17.6 Å². The fourth-order valence-electron chi connectivity index (χ4n) is 5.28. The average molecular weight is 418 g/mol. The number of rotatable bonds is 3. The minimum Gasteiger partial charge on any atom is -0.486 e. The molecule has 3 atom stereocenters. The molecule has 6 rings (SSSR count). The molecule has 4 aromatic rings. The van der Waals surface area contributed by atoms with Gasteiger partial charge in [0.05, 0.1) is 23.8 Å². The Labute approximate surface area is 179 Å². The van der Waals surface area contributed by atoms with Crippen LogP contribution in [0.2, 0.25) is 0 Å². The Kier molecular flexibility index (Phi) is 4.30. The standard InChI is InChI=1S/C24H26N4O3/c1-15-6-2-3-7-18(15)28-22-17-10-11-25-23(17)26-12-19(22)27(24(28)29)13-16-14-30-20-8-4-5-9-21(20)31-16/h4-5,8-12,15-16,18H,2-3,6-7,13-14H2,1H3,(H,25,26)/t15-,16?,18+/m1/s1. The second kappa shape index (κ2) is 7.18. The molecule has 160 valence electrons. The summed E-state index contributed by atoms with van der Waals surface area (Å²) in [6.07, 6.45) is 8.05. The van der Waals surface area contributed by atoms with E-state index in [0.29, 0.717) is 19.1 Å². The molecule has 4 heterocycles. The van der Waals surface area contributed by atoms with E-state index in [-0.39, 0.29) is 17.8 Å². The van der Waals surface area contributed by atoms with Crippen molar-refractivity contribution in [3.05, 3.63) is 53.2 Å². The van der Waals surface area contributed by atoms with E-state index >= 15 is 0 Å². The maximum Gasteiger partial charge on any atom is 0.329 e. The van der Waals surface area contributed by atoms with Crippen LogP contribution in [0.5, 0.6) is 11.5 Å². The molecule has 7 nitrogen and oxygen atoms in total. The Balaban J connectivity index is 1.47. The van der Waals surface area contributed by atoms with E-state index < -0.39 is 0 Å². The van der Waals surface area contributed by atoms with Crippen molar-refractivity contribution in [3.8, 4) is 11.5 Å². The largest absolute Gasteiger partial charge is 0.486 e. The van der Waals surface area contributed by atoms with Crippen molar-refractivity contribution in [1.29, 1.82) is 0 Å². The van der Waals surface area contributed by atoms with E-state index in [2.05, 4.69) is 16.9 Å². The molecule has 7 heteroatoms. The molecule has 1 aromatic carbocycles. The molecular formula is C24H26N4O3. The van der Waals surface area contributed by atoms with Gasteiger partial charge in [-0.25, -0.2) is 9.78 Å². The Morgan fingerprint density at radius 1 is 1.16 bits per heavy atom. The van der Waals surface area contributed by atoms with E-state index in [4.69, 9.17) is 9.47 Å². The third kappa shape index (κ3) is 2.94. The van der Waals surface area contributed by atoms with Gasteiger partial charge in [0.25, 0.3) is 0 Å². The third-order valence-electron chi connectivity index (χ3n) is 6.86. The lowest BCUT2D eigenvalue weighted by atomic mass is 9.85. The number of imidazole rings is 1. The smallest absolute Gasteiger partial charge is 0.329 e. The molecule has 1 N–H and O–H groups in total. The zero-order valence-electron chi connectivity index (χ0n) is 17.6. The molecule has 1 unspecified atom stereocenters. The highest BCUT2D eigenvalue weighted by Gasteiger charge is 2.30. The molecule has 0 spiro atoms. The van der Waals surface area contributed by atoms with Crippen LogP contribution in [0, 0.1) is 5.92 Å². The number of H-pyrrole nitrogens is 1. The van der Waals surface area contributed by atoms with Crippen molar-refractivity contribution in [2.75, 3.05) is 6.61 Å². The summed E-state index contributed by atoms with van der Waals surface area (Å²) in [6, 6.07) is 9.90. The highest BCUT2D eigenvalue weighted by molar-refractivity contribution is 6.01. The van der Waals surface area contributed by atoms with Crippen LogP contribution in [0.3, 0.4) is 0 Å². The number of aromatic nitrogens is 4. The van der Waals surface area contributed by atoms with E-state index in [1.54, 1.807) is 0 Å². The van der Waals surface area contributed by atoms with Gasteiger partial charge < -0.3 is 14.5 Å². The fraction of sp³-hybridized carbons (Fsp3) is 0.417. The summed E-state index contributed by atoms with van der Waals surface area (Å²) in [5.74, 6) is 1.94. The van der Waals surface area contributed by atoms with Gasteiger partial charge in [0.1, 0.15) is 12.3 Å². The minimum atomic E-state index is -0.239. The van der Waals surface area contributed by atoms with Crippen LogP contribution in [0.4, 0.5) is 0 Å². The number of hydrogen-bond donors (Lipinski definition) is 1. The quantitative estimate of drug-likeness (QED) is 0.539. The van der Waals surface area contributed by atoms with E-state index in [1.807, 2.05) is 51.9 Å². The van der Waals surface area contributed by atoms with Gasteiger partial charge in [-0.05, 0) is 37.0 Å². The van der Waals surface area contributed by atoms with Crippen molar-refractivity contribution >= 4 is 22.1 Å². The Morgan fingerprint density at radius 2 is 2.00 bits per heavy atom. The first-order valence-electron chi connectivity index (χ1n) is 11.2. The second-order valence-corrected chi connectivity index (χ2v) is 8.82. The van der Waals surface area contributed by atoms with Gasteiger partial charge in [0, 0.05) is 17.6 Å². The summed E-state index contributed by atoms with van der Waals surface area (Å²) < 4.78 is 15.9. The average Bonchev–Trinajstić information content (AvgIpc) is 3.37. The lowest BCUT2D eigenvalue weighted by Gasteiger charge is -2.30. The summed E-state index contributed by atoms with van der Waals surface area (Å²) in [5.41, 5.74) is 2.67. The number of fused-ring (bicyclic) bond motifs is 4. The first-order valence-corrected chi connectivity index (χ1v) is 11.2.